The van der Waals surface area contributed by atoms with E-state index in [9.17, 15) is 8.42 Å². The molecule has 1 aliphatic heterocycles. The van der Waals surface area contributed by atoms with E-state index >= 15 is 0 Å². The Balaban J connectivity index is 3.33. The molecule has 0 saturated carbocycles. The van der Waals surface area contributed by atoms with Gasteiger partial charge in [-0.3, -0.25) is 0 Å². The zero-order valence-corrected chi connectivity index (χ0v) is 8.48. The van der Waals surface area contributed by atoms with Crippen molar-refractivity contribution in [2.24, 2.45) is 0 Å². The molecule has 0 aromatic carbocycles. The van der Waals surface area contributed by atoms with E-state index in [1.54, 1.807) is 12.2 Å². The van der Waals surface area contributed by atoms with Gasteiger partial charge in [-0.25, -0.2) is 8.42 Å². The van der Waals surface area contributed by atoms with Crippen LogP contribution in [-0.2, 0) is 9.84 Å². The lowest BCUT2D eigenvalue weighted by atomic mass is 10.3. The average Bonchev–Trinajstić information content (AvgIpc) is 2.10. The summed E-state index contributed by atoms with van der Waals surface area (Å²) in [7, 11) is -2.43. The first-order valence-electron chi connectivity index (χ1n) is 2.84. The second kappa shape index (κ2) is 2.21. The van der Waals surface area contributed by atoms with Crippen molar-refractivity contribution in [3.05, 3.63) is 34.2 Å². The van der Waals surface area contributed by atoms with Crippen LogP contribution in [0, 0.1) is 0 Å². The van der Waals surface area contributed by atoms with Crippen LogP contribution in [-0.4, -0.2) is 18.7 Å². The van der Waals surface area contributed by atoms with Gasteiger partial charge in [-0.05, 0) is 11.6 Å². The van der Waals surface area contributed by atoms with E-state index in [0.29, 0.717) is 14.8 Å². The monoisotopic (exact) mass is 172 g/mol. The van der Waals surface area contributed by atoms with Gasteiger partial charge < -0.3 is 0 Å². The molecule has 0 aromatic rings. The molecule has 0 N–H and O–H groups in total. The summed E-state index contributed by atoms with van der Waals surface area (Å²) in [5, 5.41) is 1.23. The lowest BCUT2D eigenvalue weighted by Crippen LogP contribution is -1.96. The molecule has 54 valence electrons. The molecule has 0 fully saturated rings. The maximum absolute atomic E-state index is 11.0. The van der Waals surface area contributed by atoms with Gasteiger partial charge in [0, 0.05) is 9.94 Å². The Morgan fingerprint density at radius 1 is 1.60 bits per heavy atom. The highest BCUT2D eigenvalue weighted by atomic mass is 32.2. The van der Waals surface area contributed by atoms with Gasteiger partial charge in [-0.2, -0.15) is 0 Å². The van der Waals surface area contributed by atoms with Gasteiger partial charge in [0.25, 0.3) is 0 Å². The van der Waals surface area contributed by atoms with Crippen LogP contribution >= 0.6 is 0 Å². The van der Waals surface area contributed by atoms with Gasteiger partial charge >= 0.3 is 0 Å². The largest absolute Gasteiger partial charge is 0.220 e. The van der Waals surface area contributed by atoms with Crippen molar-refractivity contribution in [1.29, 1.82) is 0 Å². The second-order valence-electron chi connectivity index (χ2n) is 2.06. The first kappa shape index (κ1) is 7.49. The molecule has 0 unspecified atom stereocenters. The van der Waals surface area contributed by atoms with Crippen LogP contribution in [0.1, 0.15) is 0 Å². The fraction of sp³-hybridized carbons (Fsp3) is 0. The Kier molecular flexibility index (Phi) is 1.66. The first-order chi connectivity index (χ1) is 4.58. The smallest absolute Gasteiger partial charge is 0.191 e. The summed E-state index contributed by atoms with van der Waals surface area (Å²) in [5.41, 5.74) is 0.756. The third kappa shape index (κ3) is 0.997. The molecule has 1 aliphatic rings. The number of rotatable bonds is 1. The summed E-state index contributed by atoms with van der Waals surface area (Å²) in [6.07, 6.45) is 3.16. The van der Waals surface area contributed by atoms with E-state index in [1.807, 2.05) is 0 Å². The molecule has 10 heavy (non-hydrogen) atoms. The van der Waals surface area contributed by atoms with Gasteiger partial charge in [0.2, 0.25) is 0 Å². The molecule has 0 spiro atoms. The standard InChI is InChI=1S/C6H8O2SSi/c1-2-5-3-4-9(7,8)6(5)10/h2-4H,1H2,10H3. The third-order valence-corrected chi connectivity index (χ3v) is 5.35. The Hall–Kier alpha value is -0.613. The summed E-state index contributed by atoms with van der Waals surface area (Å²) in [6.45, 7) is 3.51. The third-order valence-electron chi connectivity index (χ3n) is 1.48. The Labute approximate surface area is 63.3 Å². The summed E-state index contributed by atoms with van der Waals surface area (Å²) >= 11 is 0. The van der Waals surface area contributed by atoms with Crippen molar-refractivity contribution in [2.45, 2.75) is 0 Å². The van der Waals surface area contributed by atoms with E-state index in [0.717, 1.165) is 5.57 Å². The molecule has 0 aliphatic carbocycles. The van der Waals surface area contributed by atoms with Gasteiger partial charge in [-0.15, -0.1) is 0 Å². The summed E-state index contributed by atoms with van der Waals surface area (Å²) in [5.74, 6) is 0. The highest BCUT2D eigenvalue weighted by molar-refractivity contribution is 7.99. The zero-order valence-electron chi connectivity index (χ0n) is 5.66. The van der Waals surface area contributed by atoms with Crippen LogP contribution in [0.15, 0.2) is 34.2 Å². The number of hydrogen-bond acceptors (Lipinski definition) is 2. The van der Waals surface area contributed by atoms with Gasteiger partial charge in [0.15, 0.2) is 9.84 Å². The number of hydrogen-bond donors (Lipinski definition) is 0. The zero-order chi connectivity index (χ0) is 7.78. The summed E-state index contributed by atoms with van der Waals surface area (Å²) in [6, 6.07) is 0. The topological polar surface area (TPSA) is 34.1 Å². The quantitative estimate of drug-likeness (QED) is 0.509. The summed E-state index contributed by atoms with van der Waals surface area (Å²) in [4.78, 5) is 0. The Morgan fingerprint density at radius 3 is 2.40 bits per heavy atom. The lowest BCUT2D eigenvalue weighted by Gasteiger charge is -1.92. The van der Waals surface area contributed by atoms with E-state index in [2.05, 4.69) is 6.58 Å². The van der Waals surface area contributed by atoms with Crippen molar-refractivity contribution in [3.63, 3.8) is 0 Å². The molecule has 2 nitrogen and oxygen atoms in total. The van der Waals surface area contributed by atoms with E-state index in [4.69, 9.17) is 0 Å². The SMILES string of the molecule is C=CC1=C([SiH3])S(=O)(=O)C=C1. The Morgan fingerprint density at radius 2 is 2.20 bits per heavy atom. The maximum atomic E-state index is 11.0. The molecule has 0 bridgehead atoms. The first-order valence-corrected chi connectivity index (χ1v) is 5.39. The predicted molar refractivity (Wildman–Crippen MR) is 45.2 cm³/mol. The van der Waals surface area contributed by atoms with Crippen LogP contribution in [0.4, 0.5) is 0 Å². The molecule has 0 atom stereocenters. The van der Waals surface area contributed by atoms with Crippen LogP contribution in [0.5, 0.6) is 0 Å². The van der Waals surface area contributed by atoms with E-state index < -0.39 is 9.84 Å². The van der Waals surface area contributed by atoms with Crippen molar-refractivity contribution >= 4 is 20.1 Å². The highest BCUT2D eigenvalue weighted by Gasteiger charge is 2.16. The van der Waals surface area contributed by atoms with Crippen LogP contribution in [0.25, 0.3) is 0 Å². The van der Waals surface area contributed by atoms with Gasteiger partial charge in [-0.1, -0.05) is 12.7 Å². The maximum Gasteiger partial charge on any atom is 0.191 e. The van der Waals surface area contributed by atoms with E-state index in [1.165, 1.54) is 5.41 Å². The number of allylic oxidation sites excluding steroid dienone is 3. The molecule has 0 radical (unpaired) electrons. The predicted octanol–water partition coefficient (Wildman–Crippen LogP) is -0.308. The molecule has 0 aromatic heterocycles. The van der Waals surface area contributed by atoms with E-state index in [-0.39, 0.29) is 0 Å². The fourth-order valence-corrected chi connectivity index (χ4v) is 2.55. The number of sulfone groups is 1. The molecule has 1 heterocycles. The second-order valence-corrected chi connectivity index (χ2v) is 5.76. The minimum absolute atomic E-state index is 0.530. The molecule has 0 amide bonds. The molecular formula is C6H8O2SSi. The van der Waals surface area contributed by atoms with Crippen LogP contribution in [0.3, 0.4) is 0 Å². The minimum Gasteiger partial charge on any atom is -0.220 e. The van der Waals surface area contributed by atoms with Crippen molar-refractivity contribution in [3.8, 4) is 0 Å². The highest BCUT2D eigenvalue weighted by Crippen LogP contribution is 2.20. The van der Waals surface area contributed by atoms with Crippen molar-refractivity contribution < 1.29 is 8.42 Å². The minimum atomic E-state index is -3.00. The van der Waals surface area contributed by atoms with Crippen LogP contribution in [0.2, 0.25) is 0 Å². The summed E-state index contributed by atoms with van der Waals surface area (Å²) < 4.78 is 22.5. The van der Waals surface area contributed by atoms with Crippen molar-refractivity contribution in [2.75, 3.05) is 0 Å². The molecule has 1 rings (SSSR count). The Bertz CT molecular complexity index is 322. The fourth-order valence-electron chi connectivity index (χ4n) is 0.758. The molecular weight excluding hydrogens is 164 g/mol. The van der Waals surface area contributed by atoms with Crippen molar-refractivity contribution in [1.82, 2.24) is 0 Å². The normalized spacial score (nSPS) is 22.0. The molecule has 4 heteroatoms. The molecule has 0 saturated heterocycles. The lowest BCUT2D eigenvalue weighted by molar-refractivity contribution is 0.612. The van der Waals surface area contributed by atoms with Crippen LogP contribution < -0.4 is 0 Å². The van der Waals surface area contributed by atoms with Gasteiger partial charge in [0.1, 0.15) is 0 Å². The van der Waals surface area contributed by atoms with Gasteiger partial charge in [0.05, 0.1) is 10.2 Å². The average molecular weight is 172 g/mol.